The van der Waals surface area contributed by atoms with Gasteiger partial charge in [0.15, 0.2) is 0 Å². The number of aliphatic hydroxyl groups is 1. The lowest BCUT2D eigenvalue weighted by atomic mass is 10.0. The maximum atomic E-state index is 9.36. The van der Waals surface area contributed by atoms with E-state index < -0.39 is 0 Å². The van der Waals surface area contributed by atoms with Crippen molar-refractivity contribution in [1.29, 1.82) is 0 Å². The molecule has 0 bridgehead atoms. The van der Waals surface area contributed by atoms with Gasteiger partial charge < -0.3 is 20.5 Å². The molecular weight excluding hydrogens is 308 g/mol. The fourth-order valence-electron chi connectivity index (χ4n) is 2.51. The van der Waals surface area contributed by atoms with E-state index in [1.54, 1.807) is 0 Å². The number of nitrogens with zero attached hydrogens (tertiary/aromatic N) is 1. The van der Waals surface area contributed by atoms with E-state index in [0.29, 0.717) is 13.1 Å². The van der Waals surface area contributed by atoms with Crippen molar-refractivity contribution in [3.05, 3.63) is 28.2 Å². The van der Waals surface area contributed by atoms with Crippen LogP contribution in [-0.2, 0) is 11.3 Å². The van der Waals surface area contributed by atoms with Crippen molar-refractivity contribution in [2.45, 2.75) is 32.1 Å². The average Bonchev–Trinajstić information content (AvgIpc) is 2.36. The van der Waals surface area contributed by atoms with Gasteiger partial charge in [-0.2, -0.15) is 0 Å². The van der Waals surface area contributed by atoms with Crippen LogP contribution >= 0.6 is 15.9 Å². The SMILES string of the molecule is CC1(C)CN(c2ccc(CN)cc2Br)CC(CO)O1. The molecule has 1 atom stereocenters. The van der Waals surface area contributed by atoms with Gasteiger partial charge in [-0.1, -0.05) is 6.07 Å². The van der Waals surface area contributed by atoms with Crippen LogP contribution in [0.2, 0.25) is 0 Å². The molecule has 0 spiro atoms. The van der Waals surface area contributed by atoms with Crippen LogP contribution in [0.1, 0.15) is 19.4 Å². The summed E-state index contributed by atoms with van der Waals surface area (Å²) in [5.41, 5.74) is 7.60. The lowest BCUT2D eigenvalue weighted by Crippen LogP contribution is -2.54. The highest BCUT2D eigenvalue weighted by Gasteiger charge is 2.33. The Morgan fingerprint density at radius 2 is 2.26 bits per heavy atom. The highest BCUT2D eigenvalue weighted by atomic mass is 79.9. The molecule has 1 unspecified atom stereocenters. The van der Waals surface area contributed by atoms with E-state index in [2.05, 4.69) is 26.9 Å². The second kappa shape index (κ2) is 5.79. The van der Waals surface area contributed by atoms with Crippen LogP contribution in [0.4, 0.5) is 5.69 Å². The molecule has 0 amide bonds. The van der Waals surface area contributed by atoms with Crippen molar-refractivity contribution < 1.29 is 9.84 Å². The third-order valence-electron chi connectivity index (χ3n) is 3.27. The van der Waals surface area contributed by atoms with Crippen molar-refractivity contribution >= 4 is 21.6 Å². The van der Waals surface area contributed by atoms with Crippen LogP contribution in [0.5, 0.6) is 0 Å². The van der Waals surface area contributed by atoms with Gasteiger partial charge in [-0.25, -0.2) is 0 Å². The number of halogens is 1. The van der Waals surface area contributed by atoms with Crippen LogP contribution in [-0.4, -0.2) is 36.5 Å². The minimum atomic E-state index is -0.266. The van der Waals surface area contributed by atoms with Crippen LogP contribution in [0.15, 0.2) is 22.7 Å². The molecule has 1 aromatic rings. The Bertz CT molecular complexity index is 451. The Morgan fingerprint density at radius 3 is 2.84 bits per heavy atom. The van der Waals surface area contributed by atoms with Crippen molar-refractivity contribution in [1.82, 2.24) is 0 Å². The van der Waals surface area contributed by atoms with Crippen LogP contribution in [0.25, 0.3) is 0 Å². The summed E-state index contributed by atoms with van der Waals surface area (Å²) in [5, 5.41) is 9.36. The average molecular weight is 329 g/mol. The normalized spacial score (nSPS) is 22.6. The second-order valence-electron chi connectivity index (χ2n) is 5.55. The Morgan fingerprint density at radius 1 is 1.53 bits per heavy atom. The molecule has 2 rings (SSSR count). The number of hydrogen-bond donors (Lipinski definition) is 2. The summed E-state index contributed by atoms with van der Waals surface area (Å²) in [6, 6.07) is 6.16. The molecule has 0 aromatic heterocycles. The summed E-state index contributed by atoms with van der Waals surface area (Å²) in [5.74, 6) is 0. The first-order valence-electron chi connectivity index (χ1n) is 6.47. The van der Waals surface area contributed by atoms with Crippen molar-refractivity contribution in [2.24, 2.45) is 5.73 Å². The molecule has 1 saturated heterocycles. The molecule has 1 aliphatic rings. The number of morpholine rings is 1. The largest absolute Gasteiger partial charge is 0.394 e. The lowest BCUT2D eigenvalue weighted by molar-refractivity contribution is -0.101. The molecule has 1 heterocycles. The molecule has 3 N–H and O–H groups in total. The Balaban J connectivity index is 2.25. The fourth-order valence-corrected chi connectivity index (χ4v) is 3.19. The molecule has 1 aliphatic heterocycles. The molecule has 0 aliphatic carbocycles. The fraction of sp³-hybridized carbons (Fsp3) is 0.571. The number of benzene rings is 1. The number of hydrogen-bond acceptors (Lipinski definition) is 4. The monoisotopic (exact) mass is 328 g/mol. The molecule has 5 heteroatoms. The van der Waals surface area contributed by atoms with Gasteiger partial charge in [-0.3, -0.25) is 0 Å². The summed E-state index contributed by atoms with van der Waals surface area (Å²) in [7, 11) is 0. The molecule has 106 valence electrons. The number of rotatable bonds is 3. The molecule has 1 aromatic carbocycles. The highest BCUT2D eigenvalue weighted by molar-refractivity contribution is 9.10. The summed E-state index contributed by atoms with van der Waals surface area (Å²) in [6.45, 7) is 6.16. The zero-order valence-electron chi connectivity index (χ0n) is 11.4. The Hall–Kier alpha value is -0.620. The van der Waals surface area contributed by atoms with E-state index in [0.717, 1.165) is 22.3 Å². The number of anilines is 1. The summed E-state index contributed by atoms with van der Waals surface area (Å²) in [4.78, 5) is 2.24. The summed E-state index contributed by atoms with van der Waals surface area (Å²) < 4.78 is 6.86. The minimum Gasteiger partial charge on any atom is -0.394 e. The van der Waals surface area contributed by atoms with Crippen LogP contribution in [0, 0.1) is 0 Å². The molecule has 0 radical (unpaired) electrons. The topological polar surface area (TPSA) is 58.7 Å². The van der Waals surface area contributed by atoms with E-state index in [9.17, 15) is 5.11 Å². The number of aliphatic hydroxyl groups excluding tert-OH is 1. The number of ether oxygens (including phenoxy) is 1. The maximum absolute atomic E-state index is 9.36. The zero-order valence-corrected chi connectivity index (χ0v) is 13.0. The van der Waals surface area contributed by atoms with E-state index in [1.807, 2.05) is 26.0 Å². The first-order valence-corrected chi connectivity index (χ1v) is 7.26. The van der Waals surface area contributed by atoms with Gasteiger partial charge >= 0.3 is 0 Å². The summed E-state index contributed by atoms with van der Waals surface area (Å²) in [6.07, 6.45) is -0.148. The third kappa shape index (κ3) is 3.48. The van der Waals surface area contributed by atoms with E-state index in [4.69, 9.17) is 10.5 Å². The summed E-state index contributed by atoms with van der Waals surface area (Å²) >= 11 is 3.60. The first kappa shape index (κ1) is 14.8. The molecule has 19 heavy (non-hydrogen) atoms. The third-order valence-corrected chi connectivity index (χ3v) is 3.91. The van der Waals surface area contributed by atoms with Gasteiger partial charge in [0.1, 0.15) is 0 Å². The maximum Gasteiger partial charge on any atom is 0.0988 e. The van der Waals surface area contributed by atoms with Gasteiger partial charge in [0.25, 0.3) is 0 Å². The standard InChI is InChI=1S/C14H21BrN2O2/c1-14(2)9-17(7-11(8-18)19-14)13-4-3-10(6-16)5-12(13)15/h3-5,11,18H,6-9,16H2,1-2H3. The van der Waals surface area contributed by atoms with E-state index >= 15 is 0 Å². The Kier molecular flexibility index (Phi) is 4.50. The van der Waals surface area contributed by atoms with Gasteiger partial charge in [0.2, 0.25) is 0 Å². The van der Waals surface area contributed by atoms with Gasteiger partial charge in [0, 0.05) is 24.1 Å². The van der Waals surface area contributed by atoms with E-state index in [-0.39, 0.29) is 18.3 Å². The van der Waals surface area contributed by atoms with Crippen molar-refractivity contribution in [3.8, 4) is 0 Å². The van der Waals surface area contributed by atoms with Crippen LogP contribution < -0.4 is 10.6 Å². The molecule has 1 fully saturated rings. The van der Waals surface area contributed by atoms with Gasteiger partial charge in [-0.05, 0) is 47.5 Å². The minimum absolute atomic E-state index is 0.0401. The Labute approximate surface area is 122 Å². The van der Waals surface area contributed by atoms with Crippen molar-refractivity contribution in [2.75, 3.05) is 24.6 Å². The second-order valence-corrected chi connectivity index (χ2v) is 6.41. The highest BCUT2D eigenvalue weighted by Crippen LogP contribution is 2.32. The van der Waals surface area contributed by atoms with Crippen molar-refractivity contribution in [3.63, 3.8) is 0 Å². The predicted octanol–water partition coefficient (Wildman–Crippen LogP) is 1.88. The predicted molar refractivity (Wildman–Crippen MR) is 80.3 cm³/mol. The van der Waals surface area contributed by atoms with E-state index in [1.165, 1.54) is 0 Å². The molecular formula is C14H21BrN2O2. The zero-order chi connectivity index (χ0) is 14.0. The molecule has 0 saturated carbocycles. The van der Waals surface area contributed by atoms with Gasteiger partial charge in [0.05, 0.1) is 24.0 Å². The quantitative estimate of drug-likeness (QED) is 0.889. The number of nitrogens with two attached hydrogens (primary N) is 1. The van der Waals surface area contributed by atoms with Gasteiger partial charge in [-0.15, -0.1) is 0 Å². The first-order chi connectivity index (χ1) is 8.95. The van der Waals surface area contributed by atoms with Crippen LogP contribution in [0.3, 0.4) is 0 Å². The lowest BCUT2D eigenvalue weighted by Gasteiger charge is -2.43. The molecule has 4 nitrogen and oxygen atoms in total. The smallest absolute Gasteiger partial charge is 0.0988 e.